The van der Waals surface area contributed by atoms with Gasteiger partial charge in [-0.05, 0) is 56.3 Å². The molecule has 0 spiro atoms. The van der Waals surface area contributed by atoms with Crippen LogP contribution in [0.3, 0.4) is 0 Å². The second-order valence-electron chi connectivity index (χ2n) is 6.23. The van der Waals surface area contributed by atoms with Gasteiger partial charge >= 0.3 is 21.7 Å². The number of fused-ring (bicyclic) bond motifs is 5. The van der Waals surface area contributed by atoms with Gasteiger partial charge in [-0.3, -0.25) is 0 Å². The van der Waals surface area contributed by atoms with Gasteiger partial charge in [0, 0.05) is 0 Å². The monoisotopic (exact) mass is 445 g/mol. The maximum Gasteiger partial charge on any atom is 3.00 e. The van der Waals surface area contributed by atoms with Crippen molar-refractivity contribution in [3.63, 3.8) is 0 Å². The fraction of sp³-hybridized carbons (Fsp3) is 0.0435. The zero-order valence-corrected chi connectivity index (χ0v) is 18.3. The summed E-state index contributed by atoms with van der Waals surface area (Å²) in [5, 5.41) is 5.37. The molecule has 27 heavy (non-hydrogen) atoms. The Balaban J connectivity index is 0.000000911. The Morgan fingerprint density at radius 1 is 0.556 bits per heavy atom. The summed E-state index contributed by atoms with van der Waals surface area (Å²) in [6.45, 7) is 0. The van der Waals surface area contributed by atoms with E-state index in [1.165, 1.54) is 43.8 Å². The van der Waals surface area contributed by atoms with Crippen LogP contribution in [0.5, 0.6) is 0 Å². The van der Waals surface area contributed by atoms with Crippen LogP contribution < -0.4 is 37.2 Å². The van der Waals surface area contributed by atoms with Crippen LogP contribution in [-0.4, -0.2) is 0 Å². The van der Waals surface area contributed by atoms with E-state index in [1.54, 1.807) is 0 Å². The van der Waals surface area contributed by atoms with Crippen LogP contribution >= 0.6 is 0 Å². The average Bonchev–Trinajstić information content (AvgIpc) is 3.07. The Morgan fingerprint density at radius 3 is 2.00 bits per heavy atom. The first-order valence-electron chi connectivity index (χ1n) is 8.09. The van der Waals surface area contributed by atoms with Gasteiger partial charge in [-0.25, -0.2) is 0 Å². The van der Waals surface area contributed by atoms with Crippen molar-refractivity contribution in [3.05, 3.63) is 95.6 Å². The third kappa shape index (κ3) is 4.11. The van der Waals surface area contributed by atoms with Gasteiger partial charge in [0.05, 0.1) is 0 Å². The Labute approximate surface area is 193 Å². The van der Waals surface area contributed by atoms with Crippen molar-refractivity contribution < 1.29 is 58.9 Å². The molecule has 1 aliphatic carbocycles. The van der Waals surface area contributed by atoms with Gasteiger partial charge in [0.15, 0.2) is 0 Å². The molecule has 4 aromatic rings. The second kappa shape index (κ2) is 9.78. The van der Waals surface area contributed by atoms with Crippen molar-refractivity contribution in [1.82, 2.24) is 0 Å². The van der Waals surface area contributed by atoms with Crippen molar-refractivity contribution >= 4 is 33.2 Å². The predicted molar refractivity (Wildman–Crippen MR) is 99.5 cm³/mol. The van der Waals surface area contributed by atoms with E-state index in [1.807, 2.05) is 0 Å². The van der Waals surface area contributed by atoms with E-state index < -0.39 is 0 Å². The van der Waals surface area contributed by atoms with E-state index in [0.717, 1.165) is 6.42 Å². The molecular weight excluding hydrogens is 430 g/mol. The molecule has 133 valence electrons. The first-order valence-corrected chi connectivity index (χ1v) is 8.09. The summed E-state index contributed by atoms with van der Waals surface area (Å²) in [5.74, 6) is 0. The molecule has 1 radical (unpaired) electrons. The van der Waals surface area contributed by atoms with Crippen LogP contribution in [0.25, 0.3) is 33.2 Å². The number of rotatable bonds is 1. The van der Waals surface area contributed by atoms with Crippen molar-refractivity contribution in [2.75, 3.05) is 0 Å². The summed E-state index contributed by atoms with van der Waals surface area (Å²) in [5.41, 5.74) is 5.58. The molecule has 4 aromatic carbocycles. The minimum atomic E-state index is 0. The zero-order chi connectivity index (χ0) is 15.2. The molecule has 5 rings (SSSR count). The first kappa shape index (κ1) is 23.8. The summed E-state index contributed by atoms with van der Waals surface area (Å²) < 4.78 is 0. The van der Waals surface area contributed by atoms with Gasteiger partial charge in [0.1, 0.15) is 0 Å². The normalized spacial score (nSPS) is 11.3. The number of allylic oxidation sites excluding steroid dienone is 1. The average molecular weight is 447 g/mol. The van der Waals surface area contributed by atoms with Gasteiger partial charge in [-0.1, -0.05) is 78.9 Å². The number of hydrogen-bond donors (Lipinski definition) is 0. The van der Waals surface area contributed by atoms with Gasteiger partial charge in [-0.2, -0.15) is 0 Å². The molecule has 0 unspecified atom stereocenters. The Bertz CT molecular complexity index is 1090. The maximum absolute atomic E-state index is 2.38. The summed E-state index contributed by atoms with van der Waals surface area (Å²) in [6.07, 6.45) is 3.41. The minimum absolute atomic E-state index is 0. The summed E-state index contributed by atoms with van der Waals surface area (Å²) in [6, 6.07) is 28.5. The van der Waals surface area contributed by atoms with Crippen LogP contribution in [0.4, 0.5) is 0 Å². The van der Waals surface area contributed by atoms with Crippen LogP contribution in [0, 0.1) is 0 Å². The molecule has 0 atom stereocenters. The molecule has 0 fully saturated rings. The molecule has 0 saturated heterocycles. The molecule has 0 aromatic heterocycles. The molecule has 0 nitrogen and oxygen atoms in total. The van der Waals surface area contributed by atoms with Gasteiger partial charge in [0.25, 0.3) is 0 Å². The molecule has 0 saturated carbocycles. The van der Waals surface area contributed by atoms with E-state index in [2.05, 4.69) is 84.9 Å². The number of hydrogen-bond acceptors (Lipinski definition) is 0. The van der Waals surface area contributed by atoms with Gasteiger partial charge < -0.3 is 37.2 Å². The van der Waals surface area contributed by atoms with E-state index >= 15 is 0 Å². The Kier molecular flexibility index (Phi) is 8.61. The Morgan fingerprint density at radius 2 is 1.22 bits per heavy atom. The second-order valence-corrected chi connectivity index (χ2v) is 6.23. The van der Waals surface area contributed by atoms with Crippen LogP contribution in [-0.2, 0) is 28.1 Å². The standard InChI is InChI=1S/C23H16.3ClH.Ti/c1-2-6-16(7-3-1)19-14-18-11-13-21-20-9-5-4-8-17(20)10-12-22(21)23(18)15-19;;;;/h1-13,15H,14H2;3*1H;/q;;;;+3/p-3. The van der Waals surface area contributed by atoms with Crippen molar-refractivity contribution in [3.8, 4) is 0 Å². The third-order valence-corrected chi connectivity index (χ3v) is 4.90. The predicted octanol–water partition coefficient (Wildman–Crippen LogP) is -2.90. The molecule has 1 aliphatic rings. The minimum Gasteiger partial charge on any atom is -1.00 e. The maximum atomic E-state index is 2.38. The van der Waals surface area contributed by atoms with E-state index in [-0.39, 0.29) is 58.9 Å². The van der Waals surface area contributed by atoms with Crippen LogP contribution in [0.15, 0.2) is 78.9 Å². The Hall–Kier alpha value is -1.28. The van der Waals surface area contributed by atoms with Crippen molar-refractivity contribution in [1.29, 1.82) is 0 Å². The quantitative estimate of drug-likeness (QED) is 0.217. The van der Waals surface area contributed by atoms with Crippen LogP contribution in [0.2, 0.25) is 0 Å². The zero-order valence-electron chi connectivity index (χ0n) is 14.4. The van der Waals surface area contributed by atoms with E-state index in [0.29, 0.717) is 0 Å². The van der Waals surface area contributed by atoms with Crippen molar-refractivity contribution in [2.24, 2.45) is 0 Å². The van der Waals surface area contributed by atoms with Crippen molar-refractivity contribution in [2.45, 2.75) is 6.42 Å². The van der Waals surface area contributed by atoms with Crippen LogP contribution in [0.1, 0.15) is 16.7 Å². The smallest absolute Gasteiger partial charge is 1.00 e. The first-order chi connectivity index (χ1) is 11.4. The largest absolute Gasteiger partial charge is 3.00 e. The van der Waals surface area contributed by atoms with E-state index in [4.69, 9.17) is 0 Å². The molecule has 0 bridgehead atoms. The molecule has 4 heteroatoms. The topological polar surface area (TPSA) is 0 Å². The summed E-state index contributed by atoms with van der Waals surface area (Å²) >= 11 is 0. The SMILES string of the molecule is C1=C(c2ccccc2)Cc2ccc3c(ccc4ccccc43)c21.[Cl-].[Cl-].[Cl-].[Ti+3]. The van der Waals surface area contributed by atoms with E-state index in [9.17, 15) is 0 Å². The molecule has 0 aliphatic heterocycles. The van der Waals surface area contributed by atoms with Gasteiger partial charge in [-0.15, -0.1) is 0 Å². The molecule has 0 heterocycles. The number of halogens is 3. The molecule has 0 N–H and O–H groups in total. The number of benzene rings is 4. The summed E-state index contributed by atoms with van der Waals surface area (Å²) in [4.78, 5) is 0. The molecule has 0 amide bonds. The third-order valence-electron chi connectivity index (χ3n) is 4.90. The summed E-state index contributed by atoms with van der Waals surface area (Å²) in [7, 11) is 0. The fourth-order valence-corrected chi connectivity index (χ4v) is 3.75. The fourth-order valence-electron chi connectivity index (χ4n) is 3.75. The molecular formula is C23H16Cl3Ti. The van der Waals surface area contributed by atoms with Gasteiger partial charge in [0.2, 0.25) is 0 Å².